The van der Waals surface area contributed by atoms with Crippen LogP contribution in [0.25, 0.3) is 0 Å². The number of piperidine rings is 1. The van der Waals surface area contributed by atoms with E-state index in [1.165, 1.54) is 0 Å². The third-order valence-electron chi connectivity index (χ3n) is 4.17. The summed E-state index contributed by atoms with van der Waals surface area (Å²) in [5.74, 6) is 0.322. The Kier molecular flexibility index (Phi) is 4.61. The fraction of sp³-hybridized carbons (Fsp3) is 0.733. The molecule has 0 aromatic rings. The van der Waals surface area contributed by atoms with Gasteiger partial charge in [-0.15, -0.1) is 0 Å². The SMILES string of the molecule is C/C=C/CCN1C(=O)C2CCCCN2C(=O)C1CC. The number of carbonyl (C=O) groups is 2. The molecule has 0 N–H and O–H groups in total. The van der Waals surface area contributed by atoms with E-state index < -0.39 is 0 Å². The zero-order chi connectivity index (χ0) is 13.8. The van der Waals surface area contributed by atoms with Crippen LogP contribution in [0, 0.1) is 0 Å². The van der Waals surface area contributed by atoms with Crippen LogP contribution < -0.4 is 0 Å². The molecule has 0 saturated carbocycles. The van der Waals surface area contributed by atoms with E-state index in [-0.39, 0.29) is 23.9 Å². The maximum Gasteiger partial charge on any atom is 0.246 e. The highest BCUT2D eigenvalue weighted by Gasteiger charge is 2.45. The molecule has 0 radical (unpaired) electrons. The second-order valence-corrected chi connectivity index (χ2v) is 5.36. The lowest BCUT2D eigenvalue weighted by Crippen LogP contribution is -2.65. The Balaban J connectivity index is 2.15. The van der Waals surface area contributed by atoms with Crippen LogP contribution in [0.5, 0.6) is 0 Å². The van der Waals surface area contributed by atoms with E-state index in [1.54, 1.807) is 0 Å². The molecule has 2 aliphatic heterocycles. The van der Waals surface area contributed by atoms with Crippen LogP contribution in [0.1, 0.15) is 46.0 Å². The van der Waals surface area contributed by atoms with Crippen LogP contribution >= 0.6 is 0 Å². The molecule has 2 saturated heterocycles. The summed E-state index contributed by atoms with van der Waals surface area (Å²) >= 11 is 0. The summed E-state index contributed by atoms with van der Waals surface area (Å²) in [6.45, 7) is 5.39. The van der Waals surface area contributed by atoms with Gasteiger partial charge in [-0.25, -0.2) is 0 Å². The van der Waals surface area contributed by atoms with Crippen LogP contribution in [0.3, 0.4) is 0 Å². The fourth-order valence-electron chi connectivity index (χ4n) is 3.16. The van der Waals surface area contributed by atoms with Crippen molar-refractivity contribution in [2.45, 2.75) is 58.0 Å². The van der Waals surface area contributed by atoms with Crippen LogP contribution in [-0.2, 0) is 9.59 Å². The van der Waals surface area contributed by atoms with Crippen LogP contribution in [0.2, 0.25) is 0 Å². The predicted octanol–water partition coefficient (Wildman–Crippen LogP) is 1.95. The van der Waals surface area contributed by atoms with Gasteiger partial charge >= 0.3 is 0 Å². The van der Waals surface area contributed by atoms with Gasteiger partial charge in [-0.1, -0.05) is 19.1 Å². The van der Waals surface area contributed by atoms with Gasteiger partial charge in [0.05, 0.1) is 0 Å². The summed E-state index contributed by atoms with van der Waals surface area (Å²) in [7, 11) is 0. The van der Waals surface area contributed by atoms with Crippen molar-refractivity contribution in [3.8, 4) is 0 Å². The van der Waals surface area contributed by atoms with Crippen molar-refractivity contribution in [3.05, 3.63) is 12.2 Å². The average Bonchev–Trinajstić information content (AvgIpc) is 2.44. The van der Waals surface area contributed by atoms with Crippen LogP contribution in [-0.4, -0.2) is 46.8 Å². The van der Waals surface area contributed by atoms with Crippen molar-refractivity contribution < 1.29 is 9.59 Å². The second-order valence-electron chi connectivity index (χ2n) is 5.36. The molecule has 0 bridgehead atoms. The third-order valence-corrected chi connectivity index (χ3v) is 4.17. The molecule has 2 rings (SSSR count). The minimum absolute atomic E-state index is 0.160. The lowest BCUT2D eigenvalue weighted by molar-refractivity contribution is -0.163. The van der Waals surface area contributed by atoms with Gasteiger partial charge in [0.2, 0.25) is 11.8 Å². The highest BCUT2D eigenvalue weighted by molar-refractivity contribution is 5.97. The Bertz CT molecular complexity index is 378. The van der Waals surface area contributed by atoms with Crippen molar-refractivity contribution >= 4 is 11.8 Å². The number of hydrogen-bond donors (Lipinski definition) is 0. The van der Waals surface area contributed by atoms with E-state index in [0.29, 0.717) is 13.0 Å². The zero-order valence-electron chi connectivity index (χ0n) is 12.0. The topological polar surface area (TPSA) is 40.6 Å². The second kappa shape index (κ2) is 6.22. The maximum atomic E-state index is 12.6. The van der Waals surface area contributed by atoms with Gasteiger partial charge in [-0.2, -0.15) is 0 Å². The van der Waals surface area contributed by atoms with Crippen LogP contribution in [0.4, 0.5) is 0 Å². The molecule has 4 nitrogen and oxygen atoms in total. The molecular formula is C15H24N2O2. The summed E-state index contributed by atoms with van der Waals surface area (Å²) < 4.78 is 0. The molecule has 106 valence electrons. The van der Waals surface area contributed by atoms with E-state index >= 15 is 0 Å². The lowest BCUT2D eigenvalue weighted by atomic mass is 9.94. The molecule has 2 amide bonds. The van der Waals surface area contributed by atoms with E-state index in [9.17, 15) is 9.59 Å². The largest absolute Gasteiger partial charge is 0.329 e. The Morgan fingerprint density at radius 2 is 2.05 bits per heavy atom. The minimum atomic E-state index is -0.243. The molecule has 2 fully saturated rings. The molecule has 4 heteroatoms. The van der Waals surface area contributed by atoms with Gasteiger partial charge in [0, 0.05) is 13.1 Å². The molecule has 19 heavy (non-hydrogen) atoms. The quantitative estimate of drug-likeness (QED) is 0.728. The standard InChI is InChI=1S/C15H24N2O2/c1-3-5-7-10-16-12(4-2)14(18)17-11-8-6-9-13(17)15(16)19/h3,5,12-13H,4,6-11H2,1-2H3/b5-3+. The van der Waals surface area contributed by atoms with Gasteiger partial charge in [0.25, 0.3) is 0 Å². The molecule has 2 heterocycles. The number of hydrogen-bond acceptors (Lipinski definition) is 2. The number of amides is 2. The molecule has 2 atom stereocenters. The predicted molar refractivity (Wildman–Crippen MR) is 74.6 cm³/mol. The Morgan fingerprint density at radius 3 is 2.74 bits per heavy atom. The van der Waals surface area contributed by atoms with Gasteiger partial charge in [-0.05, 0) is 39.0 Å². The first-order valence-corrected chi connectivity index (χ1v) is 7.42. The number of carbonyl (C=O) groups excluding carboxylic acids is 2. The summed E-state index contributed by atoms with van der Waals surface area (Å²) in [5.41, 5.74) is 0. The van der Waals surface area contributed by atoms with Crippen molar-refractivity contribution in [1.29, 1.82) is 0 Å². The number of piperazine rings is 1. The van der Waals surface area contributed by atoms with E-state index in [4.69, 9.17) is 0 Å². The summed E-state index contributed by atoms with van der Waals surface area (Å²) in [6.07, 6.45) is 8.51. The number of fused-ring (bicyclic) bond motifs is 1. The molecule has 2 aliphatic rings. The first-order valence-electron chi connectivity index (χ1n) is 7.42. The zero-order valence-corrected chi connectivity index (χ0v) is 12.0. The van der Waals surface area contributed by atoms with Crippen molar-refractivity contribution in [2.75, 3.05) is 13.1 Å². The molecule has 2 unspecified atom stereocenters. The van der Waals surface area contributed by atoms with Crippen molar-refractivity contribution in [2.24, 2.45) is 0 Å². The lowest BCUT2D eigenvalue weighted by Gasteiger charge is -2.46. The summed E-state index contributed by atoms with van der Waals surface area (Å²) in [4.78, 5) is 28.7. The molecule has 0 spiro atoms. The minimum Gasteiger partial charge on any atom is -0.329 e. The molecule has 0 aromatic heterocycles. The molecule has 0 aliphatic carbocycles. The van der Waals surface area contributed by atoms with Gasteiger partial charge < -0.3 is 9.80 Å². The Labute approximate surface area is 115 Å². The Morgan fingerprint density at radius 1 is 1.26 bits per heavy atom. The maximum absolute atomic E-state index is 12.6. The highest BCUT2D eigenvalue weighted by Crippen LogP contribution is 2.27. The van der Waals surface area contributed by atoms with Crippen molar-refractivity contribution in [1.82, 2.24) is 9.80 Å². The molecular weight excluding hydrogens is 240 g/mol. The summed E-state index contributed by atoms with van der Waals surface area (Å²) in [5, 5.41) is 0. The van der Waals surface area contributed by atoms with E-state index in [0.717, 1.165) is 32.2 Å². The van der Waals surface area contributed by atoms with E-state index in [2.05, 4.69) is 6.08 Å². The highest BCUT2D eigenvalue weighted by atomic mass is 16.2. The van der Waals surface area contributed by atoms with Gasteiger partial charge in [0.15, 0.2) is 0 Å². The number of allylic oxidation sites excluding steroid dienone is 1. The Hall–Kier alpha value is -1.32. The average molecular weight is 264 g/mol. The molecule has 0 aromatic carbocycles. The van der Waals surface area contributed by atoms with E-state index in [1.807, 2.05) is 29.7 Å². The van der Waals surface area contributed by atoms with Crippen molar-refractivity contribution in [3.63, 3.8) is 0 Å². The monoisotopic (exact) mass is 264 g/mol. The summed E-state index contributed by atoms with van der Waals surface area (Å²) in [6, 6.07) is -0.429. The normalized spacial score (nSPS) is 28.1. The number of rotatable bonds is 4. The van der Waals surface area contributed by atoms with Gasteiger partial charge in [-0.3, -0.25) is 9.59 Å². The van der Waals surface area contributed by atoms with Crippen LogP contribution in [0.15, 0.2) is 12.2 Å². The number of nitrogens with zero attached hydrogens (tertiary/aromatic N) is 2. The third kappa shape index (κ3) is 2.67. The van der Waals surface area contributed by atoms with Gasteiger partial charge in [0.1, 0.15) is 12.1 Å². The fourth-order valence-corrected chi connectivity index (χ4v) is 3.16. The first-order chi connectivity index (χ1) is 9.20. The first kappa shape index (κ1) is 14.1. The smallest absolute Gasteiger partial charge is 0.246 e.